The molecule has 1 fully saturated rings. The van der Waals surface area contributed by atoms with Crippen molar-refractivity contribution in [2.75, 3.05) is 13.2 Å². The topological polar surface area (TPSA) is 47.3 Å². The molecule has 4 heteroatoms. The number of rotatable bonds is 3. The van der Waals surface area contributed by atoms with E-state index in [1.165, 1.54) is 12.8 Å². The Morgan fingerprint density at radius 3 is 3.29 bits per heavy atom. The van der Waals surface area contributed by atoms with Crippen LogP contribution in [0.3, 0.4) is 0 Å². The average Bonchev–Trinajstić information content (AvgIpc) is 2.58. The summed E-state index contributed by atoms with van der Waals surface area (Å²) in [6.45, 7) is 2.57. The molecule has 2 heterocycles. The summed E-state index contributed by atoms with van der Waals surface area (Å²) in [6.07, 6.45) is 6.58. The number of nitrogens with zero attached hydrogens (tertiary/aromatic N) is 1. The summed E-state index contributed by atoms with van der Waals surface area (Å²) in [5.41, 5.74) is 0.968. The van der Waals surface area contributed by atoms with Gasteiger partial charge in [0.1, 0.15) is 6.26 Å². The molecule has 1 N–H and O–H groups in total. The Balaban J connectivity index is 1.73. The van der Waals surface area contributed by atoms with Gasteiger partial charge in [0.2, 0.25) is 0 Å². The lowest BCUT2D eigenvalue weighted by Gasteiger charge is -2.13. The SMILES string of the molecule is c1nc(CNC2CCCOCC2)co1. The molecule has 1 saturated heterocycles. The third kappa shape index (κ3) is 2.82. The maximum absolute atomic E-state index is 5.39. The summed E-state index contributed by atoms with van der Waals surface area (Å²) in [7, 11) is 0. The van der Waals surface area contributed by atoms with Crippen molar-refractivity contribution in [1.29, 1.82) is 0 Å². The number of nitrogens with one attached hydrogen (secondary N) is 1. The van der Waals surface area contributed by atoms with Gasteiger partial charge in [-0.15, -0.1) is 0 Å². The zero-order chi connectivity index (χ0) is 9.64. The van der Waals surface area contributed by atoms with E-state index in [-0.39, 0.29) is 0 Å². The van der Waals surface area contributed by atoms with E-state index in [1.54, 1.807) is 6.26 Å². The summed E-state index contributed by atoms with van der Waals surface area (Å²) in [5.74, 6) is 0. The van der Waals surface area contributed by atoms with Crippen LogP contribution in [-0.4, -0.2) is 24.2 Å². The van der Waals surface area contributed by atoms with Gasteiger partial charge in [-0.25, -0.2) is 4.98 Å². The molecule has 0 aromatic carbocycles. The first-order valence-corrected chi connectivity index (χ1v) is 5.13. The molecule has 78 valence electrons. The van der Waals surface area contributed by atoms with Crippen molar-refractivity contribution in [2.45, 2.75) is 31.8 Å². The van der Waals surface area contributed by atoms with Gasteiger partial charge in [0.05, 0.1) is 5.69 Å². The summed E-state index contributed by atoms with van der Waals surface area (Å²) >= 11 is 0. The smallest absolute Gasteiger partial charge is 0.180 e. The van der Waals surface area contributed by atoms with E-state index in [2.05, 4.69) is 10.3 Å². The molecule has 1 aliphatic rings. The average molecular weight is 196 g/mol. The molecule has 2 rings (SSSR count). The number of aromatic nitrogens is 1. The van der Waals surface area contributed by atoms with Gasteiger partial charge in [-0.2, -0.15) is 0 Å². The highest BCUT2D eigenvalue weighted by Gasteiger charge is 2.11. The summed E-state index contributed by atoms with van der Waals surface area (Å²) < 4.78 is 10.3. The fourth-order valence-electron chi connectivity index (χ4n) is 1.68. The molecule has 14 heavy (non-hydrogen) atoms. The van der Waals surface area contributed by atoms with E-state index in [0.717, 1.165) is 38.3 Å². The van der Waals surface area contributed by atoms with Crippen LogP contribution in [0.4, 0.5) is 0 Å². The first-order chi connectivity index (χ1) is 6.95. The Labute approximate surface area is 83.7 Å². The molecular formula is C10H16N2O2. The summed E-state index contributed by atoms with van der Waals surface area (Å²) in [4.78, 5) is 4.06. The van der Waals surface area contributed by atoms with Crippen LogP contribution in [0.5, 0.6) is 0 Å². The van der Waals surface area contributed by atoms with E-state index < -0.39 is 0 Å². The molecule has 1 aromatic heterocycles. The Kier molecular flexibility index (Phi) is 3.54. The van der Waals surface area contributed by atoms with E-state index >= 15 is 0 Å². The van der Waals surface area contributed by atoms with Crippen LogP contribution >= 0.6 is 0 Å². The van der Waals surface area contributed by atoms with Crippen molar-refractivity contribution < 1.29 is 9.15 Å². The highest BCUT2D eigenvalue weighted by atomic mass is 16.5. The highest BCUT2D eigenvalue weighted by molar-refractivity contribution is 4.90. The number of hydrogen-bond donors (Lipinski definition) is 1. The van der Waals surface area contributed by atoms with Crippen molar-refractivity contribution in [2.24, 2.45) is 0 Å². The van der Waals surface area contributed by atoms with Crippen molar-refractivity contribution in [3.8, 4) is 0 Å². The molecule has 1 atom stereocenters. The predicted octanol–water partition coefficient (Wildman–Crippen LogP) is 1.33. The molecule has 0 amide bonds. The minimum atomic E-state index is 0.564. The molecule has 4 nitrogen and oxygen atoms in total. The number of hydrogen-bond acceptors (Lipinski definition) is 4. The monoisotopic (exact) mass is 196 g/mol. The van der Waals surface area contributed by atoms with Gasteiger partial charge in [0.15, 0.2) is 6.39 Å². The van der Waals surface area contributed by atoms with Gasteiger partial charge < -0.3 is 14.5 Å². The molecular weight excluding hydrogens is 180 g/mol. The Hall–Kier alpha value is -0.870. The molecule has 1 aromatic rings. The molecule has 0 saturated carbocycles. The molecule has 0 bridgehead atoms. The van der Waals surface area contributed by atoms with Gasteiger partial charge in [-0.05, 0) is 19.3 Å². The third-order valence-electron chi connectivity index (χ3n) is 2.51. The quantitative estimate of drug-likeness (QED) is 0.792. The largest absolute Gasteiger partial charge is 0.451 e. The van der Waals surface area contributed by atoms with Crippen LogP contribution in [-0.2, 0) is 11.3 Å². The highest BCUT2D eigenvalue weighted by Crippen LogP contribution is 2.08. The Morgan fingerprint density at radius 2 is 2.43 bits per heavy atom. The minimum absolute atomic E-state index is 0.564. The van der Waals surface area contributed by atoms with E-state index in [0.29, 0.717) is 6.04 Å². The van der Waals surface area contributed by atoms with Crippen molar-refractivity contribution in [3.63, 3.8) is 0 Å². The lowest BCUT2D eigenvalue weighted by atomic mass is 10.1. The van der Waals surface area contributed by atoms with Gasteiger partial charge in [0.25, 0.3) is 0 Å². The van der Waals surface area contributed by atoms with E-state index in [4.69, 9.17) is 9.15 Å². The lowest BCUT2D eigenvalue weighted by Crippen LogP contribution is -2.28. The predicted molar refractivity (Wildman–Crippen MR) is 51.8 cm³/mol. The first kappa shape index (κ1) is 9.68. The number of oxazole rings is 1. The second-order valence-corrected chi connectivity index (χ2v) is 3.60. The fraction of sp³-hybridized carbons (Fsp3) is 0.700. The normalized spacial score (nSPS) is 23.3. The van der Waals surface area contributed by atoms with Gasteiger partial charge >= 0.3 is 0 Å². The van der Waals surface area contributed by atoms with Crippen molar-refractivity contribution >= 4 is 0 Å². The van der Waals surface area contributed by atoms with E-state index in [1.807, 2.05) is 0 Å². The van der Waals surface area contributed by atoms with Crippen LogP contribution in [0.15, 0.2) is 17.1 Å². The zero-order valence-corrected chi connectivity index (χ0v) is 8.24. The Bertz CT molecular complexity index is 241. The van der Waals surface area contributed by atoms with Crippen molar-refractivity contribution in [1.82, 2.24) is 10.3 Å². The second kappa shape index (κ2) is 5.12. The lowest BCUT2D eigenvalue weighted by molar-refractivity contribution is 0.142. The van der Waals surface area contributed by atoms with Gasteiger partial charge in [-0.3, -0.25) is 0 Å². The molecule has 0 aliphatic carbocycles. The molecule has 1 aliphatic heterocycles. The van der Waals surface area contributed by atoms with Crippen LogP contribution in [0, 0.1) is 0 Å². The van der Waals surface area contributed by atoms with Crippen LogP contribution in [0.2, 0.25) is 0 Å². The second-order valence-electron chi connectivity index (χ2n) is 3.60. The maximum Gasteiger partial charge on any atom is 0.180 e. The minimum Gasteiger partial charge on any atom is -0.451 e. The first-order valence-electron chi connectivity index (χ1n) is 5.13. The Morgan fingerprint density at radius 1 is 1.43 bits per heavy atom. The van der Waals surface area contributed by atoms with Gasteiger partial charge in [-0.1, -0.05) is 0 Å². The van der Waals surface area contributed by atoms with Gasteiger partial charge in [0, 0.05) is 25.8 Å². The summed E-state index contributed by atoms with van der Waals surface area (Å²) in [6, 6.07) is 0.564. The van der Waals surface area contributed by atoms with Crippen LogP contribution < -0.4 is 5.32 Å². The van der Waals surface area contributed by atoms with Crippen molar-refractivity contribution in [3.05, 3.63) is 18.4 Å². The standard InChI is InChI=1S/C10H16N2O2/c1-2-9(3-5-13-4-1)11-6-10-7-14-8-12-10/h7-9,11H,1-6H2. The third-order valence-corrected chi connectivity index (χ3v) is 2.51. The van der Waals surface area contributed by atoms with Crippen LogP contribution in [0.1, 0.15) is 25.0 Å². The molecule has 0 radical (unpaired) electrons. The van der Waals surface area contributed by atoms with E-state index in [9.17, 15) is 0 Å². The maximum atomic E-state index is 5.39. The number of ether oxygens (including phenoxy) is 1. The molecule has 1 unspecified atom stereocenters. The zero-order valence-electron chi connectivity index (χ0n) is 8.24. The van der Waals surface area contributed by atoms with Crippen LogP contribution in [0.25, 0.3) is 0 Å². The molecule has 0 spiro atoms. The fourth-order valence-corrected chi connectivity index (χ4v) is 1.68. The summed E-state index contributed by atoms with van der Waals surface area (Å²) in [5, 5.41) is 3.46.